The second-order valence-electron chi connectivity index (χ2n) is 11.0. The molecule has 158 valence electrons. The van der Waals surface area contributed by atoms with Crippen LogP contribution in [0.2, 0.25) is 0 Å². The number of hydrogen-bond donors (Lipinski definition) is 0. The van der Waals surface area contributed by atoms with Crippen molar-refractivity contribution in [3.63, 3.8) is 0 Å². The predicted molar refractivity (Wildman–Crippen MR) is 125 cm³/mol. The summed E-state index contributed by atoms with van der Waals surface area (Å²) in [7, 11) is 0. The predicted octanol–water partition coefficient (Wildman–Crippen LogP) is 6.83. The Labute approximate surface area is 180 Å². The third-order valence-corrected chi connectivity index (χ3v) is 8.29. The van der Waals surface area contributed by atoms with E-state index < -0.39 is 0 Å². The maximum absolute atomic E-state index is 5.99. The Balaban J connectivity index is 1.56. The van der Waals surface area contributed by atoms with Crippen molar-refractivity contribution in [1.82, 2.24) is 0 Å². The molecule has 2 aliphatic heterocycles. The van der Waals surface area contributed by atoms with E-state index in [1.807, 2.05) is 0 Å². The minimum Gasteiger partial charge on any atom is -0.363 e. The first-order valence-corrected chi connectivity index (χ1v) is 11.2. The van der Waals surface area contributed by atoms with Gasteiger partial charge in [-0.3, -0.25) is 0 Å². The largest absolute Gasteiger partial charge is 0.363 e. The third kappa shape index (κ3) is 2.84. The Morgan fingerprint density at radius 1 is 0.567 bits per heavy atom. The summed E-state index contributed by atoms with van der Waals surface area (Å²) in [6.07, 6.45) is 1.92. The van der Waals surface area contributed by atoms with Gasteiger partial charge in [-0.2, -0.15) is 0 Å². The van der Waals surface area contributed by atoms with Gasteiger partial charge in [0, 0.05) is 12.8 Å². The van der Waals surface area contributed by atoms with Gasteiger partial charge in [-0.15, -0.1) is 0 Å². The van der Waals surface area contributed by atoms with Crippen molar-refractivity contribution in [2.24, 2.45) is 0 Å². The molecule has 0 aromatic heterocycles. The van der Waals surface area contributed by atoms with Crippen LogP contribution in [-0.2, 0) is 22.3 Å². The Morgan fingerprint density at radius 3 is 1.20 bits per heavy atom. The Bertz CT molecular complexity index is 1110. The molecule has 2 nitrogen and oxygen atoms in total. The van der Waals surface area contributed by atoms with Gasteiger partial charge in [-0.05, 0) is 99.2 Å². The van der Waals surface area contributed by atoms with Crippen molar-refractivity contribution in [3.8, 4) is 0 Å². The molecule has 0 saturated carbocycles. The van der Waals surface area contributed by atoms with E-state index in [9.17, 15) is 0 Å². The number of epoxide rings is 2. The molecule has 2 atom stereocenters. The van der Waals surface area contributed by atoms with E-state index in [-0.39, 0.29) is 22.4 Å². The molecule has 2 heteroatoms. The van der Waals surface area contributed by atoms with Gasteiger partial charge >= 0.3 is 0 Å². The highest BCUT2D eigenvalue weighted by Crippen LogP contribution is 2.50. The zero-order valence-corrected chi connectivity index (χ0v) is 19.7. The summed E-state index contributed by atoms with van der Waals surface area (Å²) in [5.41, 5.74) is 5.30. The summed E-state index contributed by atoms with van der Waals surface area (Å²) in [5.74, 6) is 0. The first kappa shape index (κ1) is 20.0. The van der Waals surface area contributed by atoms with Gasteiger partial charge < -0.3 is 9.47 Å². The summed E-state index contributed by atoms with van der Waals surface area (Å²) >= 11 is 0. The second kappa shape index (κ2) is 5.87. The molecule has 0 radical (unpaired) electrons. The van der Waals surface area contributed by atoms with Gasteiger partial charge in [0.25, 0.3) is 0 Å². The minimum atomic E-state index is -0.0514. The average Bonchev–Trinajstić information content (AvgIpc) is 3.36. The van der Waals surface area contributed by atoms with Crippen LogP contribution in [0.5, 0.6) is 0 Å². The molecule has 30 heavy (non-hydrogen) atoms. The zero-order chi connectivity index (χ0) is 21.7. The minimum absolute atomic E-state index is 0.0246. The quantitative estimate of drug-likeness (QED) is 0.353. The lowest BCUT2D eigenvalue weighted by Gasteiger charge is -2.16. The fourth-order valence-corrected chi connectivity index (χ4v) is 5.32. The van der Waals surface area contributed by atoms with Crippen molar-refractivity contribution in [1.29, 1.82) is 0 Å². The molecular formula is C28H34O2. The van der Waals surface area contributed by atoms with Crippen LogP contribution in [0.25, 0.3) is 21.5 Å². The van der Waals surface area contributed by atoms with Crippen LogP contribution in [0.4, 0.5) is 0 Å². The number of fused-ring (bicyclic) bond motifs is 2. The average molecular weight is 403 g/mol. The first-order valence-electron chi connectivity index (χ1n) is 11.2. The van der Waals surface area contributed by atoms with E-state index in [2.05, 4.69) is 91.8 Å². The van der Waals surface area contributed by atoms with E-state index in [0.717, 1.165) is 12.8 Å². The Kier molecular flexibility index (Phi) is 3.92. The number of hydrogen-bond acceptors (Lipinski definition) is 2. The normalized spacial score (nSPS) is 28.8. The monoisotopic (exact) mass is 402 g/mol. The van der Waals surface area contributed by atoms with E-state index in [4.69, 9.17) is 9.47 Å². The SMILES string of the molecule is Cc1c2ccc(CC3(C)OC3(C)C)cc2c(C)c2ccc(CC3(C)OC3(C)C)cc12. The molecule has 2 fully saturated rings. The first-order chi connectivity index (χ1) is 13.9. The lowest BCUT2D eigenvalue weighted by Crippen LogP contribution is -2.19. The Hall–Kier alpha value is -1.90. The lowest BCUT2D eigenvalue weighted by molar-refractivity contribution is 0.284. The maximum atomic E-state index is 5.99. The standard InChI is InChI=1S/C28H34O2/c1-17-21-11-9-20(16-28(8)26(5,6)30-28)14-24(21)18(2)22-12-10-19(13-23(17)22)15-27(7)25(3,4)29-27/h9-14H,15-16H2,1-8H3. The van der Waals surface area contributed by atoms with Crippen molar-refractivity contribution >= 4 is 21.5 Å². The maximum Gasteiger partial charge on any atom is 0.0986 e. The molecule has 3 aromatic carbocycles. The van der Waals surface area contributed by atoms with Gasteiger partial charge in [0.2, 0.25) is 0 Å². The lowest BCUT2D eigenvalue weighted by atomic mass is 9.86. The number of benzene rings is 3. The summed E-state index contributed by atoms with van der Waals surface area (Å²) in [4.78, 5) is 0. The van der Waals surface area contributed by atoms with Gasteiger partial charge in [0.1, 0.15) is 0 Å². The molecule has 0 aliphatic carbocycles. The van der Waals surface area contributed by atoms with Crippen LogP contribution in [-0.4, -0.2) is 22.4 Å². The molecule has 0 N–H and O–H groups in total. The van der Waals surface area contributed by atoms with Gasteiger partial charge in [-0.25, -0.2) is 0 Å². The topological polar surface area (TPSA) is 25.1 Å². The van der Waals surface area contributed by atoms with E-state index in [1.165, 1.54) is 43.8 Å². The van der Waals surface area contributed by atoms with Crippen LogP contribution in [0.15, 0.2) is 36.4 Å². The van der Waals surface area contributed by atoms with E-state index in [1.54, 1.807) is 0 Å². The molecule has 3 aromatic rings. The second-order valence-corrected chi connectivity index (χ2v) is 11.0. The van der Waals surface area contributed by atoms with Crippen molar-refractivity contribution < 1.29 is 9.47 Å². The van der Waals surface area contributed by atoms with E-state index in [0.29, 0.717) is 0 Å². The number of aryl methyl sites for hydroxylation is 2. The molecule has 0 amide bonds. The summed E-state index contributed by atoms with van der Waals surface area (Å²) < 4.78 is 12.0. The number of rotatable bonds is 4. The molecule has 5 rings (SSSR count). The zero-order valence-electron chi connectivity index (χ0n) is 19.7. The molecular weight excluding hydrogens is 368 g/mol. The molecule has 2 unspecified atom stereocenters. The summed E-state index contributed by atoms with van der Waals surface area (Å²) in [6, 6.07) is 14.0. The molecule has 2 saturated heterocycles. The van der Waals surface area contributed by atoms with Gasteiger partial charge in [-0.1, -0.05) is 36.4 Å². The summed E-state index contributed by atoms with van der Waals surface area (Å²) in [6.45, 7) is 17.7. The highest BCUT2D eigenvalue weighted by molar-refractivity contribution is 6.05. The number of ether oxygens (including phenoxy) is 2. The summed E-state index contributed by atoms with van der Waals surface area (Å²) in [5, 5.41) is 5.45. The molecule has 2 aliphatic rings. The fraction of sp³-hybridized carbons (Fsp3) is 0.500. The van der Waals surface area contributed by atoms with Crippen LogP contribution in [0.1, 0.15) is 63.8 Å². The highest BCUT2D eigenvalue weighted by Gasteiger charge is 2.60. The van der Waals surface area contributed by atoms with Crippen LogP contribution >= 0.6 is 0 Å². The molecule has 0 bridgehead atoms. The van der Waals surface area contributed by atoms with Gasteiger partial charge in [0.15, 0.2) is 0 Å². The van der Waals surface area contributed by atoms with Crippen molar-refractivity contribution in [2.75, 3.05) is 0 Å². The fourth-order valence-electron chi connectivity index (χ4n) is 5.32. The smallest absolute Gasteiger partial charge is 0.0986 e. The van der Waals surface area contributed by atoms with Crippen molar-refractivity contribution in [2.45, 2.75) is 90.6 Å². The van der Waals surface area contributed by atoms with Crippen LogP contribution < -0.4 is 0 Å². The van der Waals surface area contributed by atoms with Crippen LogP contribution in [0, 0.1) is 13.8 Å². The highest BCUT2D eigenvalue weighted by atomic mass is 16.6. The molecule has 2 heterocycles. The van der Waals surface area contributed by atoms with Crippen molar-refractivity contribution in [3.05, 3.63) is 58.7 Å². The van der Waals surface area contributed by atoms with E-state index >= 15 is 0 Å². The third-order valence-electron chi connectivity index (χ3n) is 8.29. The van der Waals surface area contributed by atoms with Gasteiger partial charge in [0.05, 0.1) is 22.4 Å². The Morgan fingerprint density at radius 2 is 0.900 bits per heavy atom. The van der Waals surface area contributed by atoms with Crippen LogP contribution in [0.3, 0.4) is 0 Å². The molecule has 0 spiro atoms.